The topological polar surface area (TPSA) is 21.3 Å². The number of halogens is 1. The number of hydrogen-bond donors (Lipinski definition) is 1. The first-order valence-electron chi connectivity index (χ1n) is 7.08. The number of ether oxygens (including phenoxy) is 1. The number of hydrogen-bond acceptors (Lipinski definition) is 2. The van der Waals surface area contributed by atoms with E-state index < -0.39 is 0 Å². The maximum absolute atomic E-state index is 5.92. The molecule has 0 spiro atoms. The van der Waals surface area contributed by atoms with Crippen molar-refractivity contribution in [2.75, 3.05) is 6.61 Å². The zero-order valence-corrected chi connectivity index (χ0v) is 13.0. The standard InChI is InChI=1S/C16H24ClNO/c1-5-19-15-10-14(16(15,3)4)18-11(2)12-6-8-13(17)9-7-12/h6-9,11,14-15,18H,5,10H2,1-4H3/t11-,14?,15?/m0/s1. The van der Waals surface area contributed by atoms with Crippen molar-refractivity contribution >= 4 is 11.6 Å². The lowest BCUT2D eigenvalue weighted by molar-refractivity contribution is -0.116. The predicted octanol–water partition coefficient (Wildman–Crippen LogP) is 4.19. The quantitative estimate of drug-likeness (QED) is 0.874. The van der Waals surface area contributed by atoms with Crippen molar-refractivity contribution in [2.45, 2.75) is 52.3 Å². The molecule has 3 atom stereocenters. The SMILES string of the molecule is CCOC1CC(N[C@@H](C)c2ccc(Cl)cc2)C1(C)C. The van der Waals surface area contributed by atoms with Crippen LogP contribution in [0.1, 0.15) is 45.7 Å². The van der Waals surface area contributed by atoms with Gasteiger partial charge in [0.1, 0.15) is 0 Å². The van der Waals surface area contributed by atoms with E-state index in [2.05, 4.69) is 45.1 Å². The van der Waals surface area contributed by atoms with Crippen LogP contribution >= 0.6 is 11.6 Å². The molecule has 0 bridgehead atoms. The second-order valence-corrected chi connectivity index (χ2v) is 6.43. The number of rotatable bonds is 5. The van der Waals surface area contributed by atoms with E-state index in [-0.39, 0.29) is 5.41 Å². The average Bonchev–Trinajstić information content (AvgIpc) is 2.38. The highest BCUT2D eigenvalue weighted by Crippen LogP contribution is 2.43. The molecule has 0 radical (unpaired) electrons. The summed E-state index contributed by atoms with van der Waals surface area (Å²) in [7, 11) is 0. The first-order valence-corrected chi connectivity index (χ1v) is 7.46. The van der Waals surface area contributed by atoms with Gasteiger partial charge >= 0.3 is 0 Å². The Hall–Kier alpha value is -0.570. The van der Waals surface area contributed by atoms with Crippen LogP contribution in [0, 0.1) is 5.41 Å². The van der Waals surface area contributed by atoms with Gasteiger partial charge in [0, 0.05) is 29.1 Å². The fourth-order valence-electron chi connectivity index (χ4n) is 2.80. The summed E-state index contributed by atoms with van der Waals surface area (Å²) < 4.78 is 5.77. The Balaban J connectivity index is 1.93. The summed E-state index contributed by atoms with van der Waals surface area (Å²) in [5, 5.41) is 4.50. The minimum atomic E-state index is 0.205. The minimum absolute atomic E-state index is 0.205. The Morgan fingerprint density at radius 2 is 2.00 bits per heavy atom. The summed E-state index contributed by atoms with van der Waals surface area (Å²) in [5.41, 5.74) is 1.48. The zero-order valence-electron chi connectivity index (χ0n) is 12.2. The summed E-state index contributed by atoms with van der Waals surface area (Å²) in [4.78, 5) is 0. The van der Waals surface area contributed by atoms with E-state index in [0.29, 0.717) is 18.2 Å². The van der Waals surface area contributed by atoms with Crippen LogP contribution in [0.4, 0.5) is 0 Å². The molecule has 1 N–H and O–H groups in total. The summed E-state index contributed by atoms with van der Waals surface area (Å²) in [6.07, 6.45) is 1.48. The van der Waals surface area contributed by atoms with Crippen LogP contribution in [0.25, 0.3) is 0 Å². The summed E-state index contributed by atoms with van der Waals surface area (Å²) in [6, 6.07) is 8.92. The van der Waals surface area contributed by atoms with E-state index in [1.807, 2.05) is 12.1 Å². The second kappa shape index (κ2) is 5.82. The Bertz CT molecular complexity index is 415. The van der Waals surface area contributed by atoms with E-state index in [1.54, 1.807) is 0 Å². The van der Waals surface area contributed by atoms with Crippen LogP contribution in [-0.4, -0.2) is 18.8 Å². The highest BCUT2D eigenvalue weighted by Gasteiger charge is 2.48. The molecule has 1 aromatic carbocycles. The van der Waals surface area contributed by atoms with Crippen molar-refractivity contribution in [3.63, 3.8) is 0 Å². The zero-order chi connectivity index (χ0) is 14.0. The van der Waals surface area contributed by atoms with Crippen molar-refractivity contribution in [3.05, 3.63) is 34.9 Å². The molecule has 1 aromatic rings. The van der Waals surface area contributed by atoms with Gasteiger partial charge in [-0.1, -0.05) is 37.6 Å². The molecule has 1 fully saturated rings. The van der Waals surface area contributed by atoms with Crippen molar-refractivity contribution < 1.29 is 4.74 Å². The molecule has 1 aliphatic carbocycles. The van der Waals surface area contributed by atoms with Crippen LogP contribution < -0.4 is 5.32 Å². The minimum Gasteiger partial charge on any atom is -0.378 e. The smallest absolute Gasteiger partial charge is 0.0655 e. The molecule has 0 amide bonds. The average molecular weight is 282 g/mol. The molecule has 0 saturated heterocycles. The normalized spacial score (nSPS) is 26.8. The predicted molar refractivity (Wildman–Crippen MR) is 80.6 cm³/mol. The monoisotopic (exact) mass is 281 g/mol. The summed E-state index contributed by atoms with van der Waals surface area (Å²) >= 11 is 5.92. The highest BCUT2D eigenvalue weighted by atomic mass is 35.5. The molecule has 19 heavy (non-hydrogen) atoms. The third-order valence-corrected chi connectivity index (χ3v) is 4.62. The molecule has 1 aliphatic rings. The van der Waals surface area contributed by atoms with Gasteiger partial charge in [-0.15, -0.1) is 0 Å². The van der Waals surface area contributed by atoms with Gasteiger partial charge in [-0.3, -0.25) is 0 Å². The first kappa shape index (κ1) is 14.8. The molecule has 1 saturated carbocycles. The maximum Gasteiger partial charge on any atom is 0.0655 e. The highest BCUT2D eigenvalue weighted by molar-refractivity contribution is 6.30. The largest absolute Gasteiger partial charge is 0.378 e. The fraction of sp³-hybridized carbons (Fsp3) is 0.625. The Kier molecular flexibility index (Phi) is 4.54. The third kappa shape index (κ3) is 3.13. The Morgan fingerprint density at radius 1 is 1.37 bits per heavy atom. The van der Waals surface area contributed by atoms with Crippen LogP contribution in [0.15, 0.2) is 24.3 Å². The Labute approximate surface area is 121 Å². The van der Waals surface area contributed by atoms with Gasteiger partial charge in [-0.25, -0.2) is 0 Å². The van der Waals surface area contributed by atoms with Crippen molar-refractivity contribution in [3.8, 4) is 0 Å². The van der Waals surface area contributed by atoms with Gasteiger partial charge in [-0.2, -0.15) is 0 Å². The van der Waals surface area contributed by atoms with Crippen LogP contribution in [0.2, 0.25) is 5.02 Å². The molecule has 2 rings (SSSR count). The molecule has 2 unspecified atom stereocenters. The van der Waals surface area contributed by atoms with E-state index in [1.165, 1.54) is 5.56 Å². The van der Waals surface area contributed by atoms with Crippen LogP contribution in [0.3, 0.4) is 0 Å². The van der Waals surface area contributed by atoms with Crippen LogP contribution in [0.5, 0.6) is 0 Å². The van der Waals surface area contributed by atoms with E-state index in [4.69, 9.17) is 16.3 Å². The molecular formula is C16H24ClNO. The van der Waals surface area contributed by atoms with Gasteiger partial charge in [-0.05, 0) is 38.0 Å². The molecule has 3 heteroatoms. The van der Waals surface area contributed by atoms with E-state index >= 15 is 0 Å². The van der Waals surface area contributed by atoms with E-state index in [0.717, 1.165) is 18.1 Å². The van der Waals surface area contributed by atoms with Gasteiger partial charge in [0.2, 0.25) is 0 Å². The Morgan fingerprint density at radius 3 is 2.53 bits per heavy atom. The molecule has 2 nitrogen and oxygen atoms in total. The third-order valence-electron chi connectivity index (χ3n) is 4.37. The molecule has 0 aliphatic heterocycles. The lowest BCUT2D eigenvalue weighted by Crippen LogP contribution is -2.61. The summed E-state index contributed by atoms with van der Waals surface area (Å²) in [5.74, 6) is 0. The number of benzene rings is 1. The second-order valence-electron chi connectivity index (χ2n) is 5.99. The molecule has 106 valence electrons. The van der Waals surface area contributed by atoms with Crippen molar-refractivity contribution in [2.24, 2.45) is 5.41 Å². The van der Waals surface area contributed by atoms with Gasteiger partial charge in [0.15, 0.2) is 0 Å². The van der Waals surface area contributed by atoms with E-state index in [9.17, 15) is 0 Å². The lowest BCUT2D eigenvalue weighted by atomic mass is 9.64. The summed E-state index contributed by atoms with van der Waals surface area (Å²) in [6.45, 7) is 9.63. The molecule has 0 aromatic heterocycles. The van der Waals surface area contributed by atoms with Crippen LogP contribution in [-0.2, 0) is 4.74 Å². The van der Waals surface area contributed by atoms with Gasteiger partial charge < -0.3 is 10.1 Å². The van der Waals surface area contributed by atoms with Crippen molar-refractivity contribution in [1.82, 2.24) is 5.32 Å². The first-order chi connectivity index (χ1) is 8.95. The lowest BCUT2D eigenvalue weighted by Gasteiger charge is -2.52. The molecular weight excluding hydrogens is 258 g/mol. The van der Waals surface area contributed by atoms with Gasteiger partial charge in [0.25, 0.3) is 0 Å². The maximum atomic E-state index is 5.92. The fourth-order valence-corrected chi connectivity index (χ4v) is 2.93. The van der Waals surface area contributed by atoms with Gasteiger partial charge in [0.05, 0.1) is 6.10 Å². The number of nitrogens with one attached hydrogen (secondary N) is 1. The van der Waals surface area contributed by atoms with Crippen molar-refractivity contribution in [1.29, 1.82) is 0 Å². The molecule has 0 heterocycles.